The maximum atomic E-state index is 5.81. The number of pyridine rings is 1. The molecule has 0 aliphatic rings. The van der Waals surface area contributed by atoms with Crippen molar-refractivity contribution in [1.29, 1.82) is 0 Å². The van der Waals surface area contributed by atoms with Crippen molar-refractivity contribution in [2.24, 2.45) is 0 Å². The van der Waals surface area contributed by atoms with Gasteiger partial charge in [-0.15, -0.1) is 6.58 Å². The van der Waals surface area contributed by atoms with E-state index < -0.39 is 0 Å². The Bertz CT molecular complexity index is 597. The molecule has 0 aliphatic heterocycles. The third-order valence-corrected chi connectivity index (χ3v) is 2.81. The summed E-state index contributed by atoms with van der Waals surface area (Å²) in [6, 6.07) is 11.2. The van der Waals surface area contributed by atoms with Crippen LogP contribution >= 0.6 is 0 Å². The van der Waals surface area contributed by atoms with Crippen LogP contribution in [0.3, 0.4) is 0 Å². The minimum atomic E-state index is 0.380. The number of methoxy groups -OCH3 is 1. The Labute approximate surface area is 118 Å². The van der Waals surface area contributed by atoms with E-state index in [0.717, 1.165) is 17.0 Å². The van der Waals surface area contributed by atoms with Gasteiger partial charge in [-0.05, 0) is 36.2 Å². The topological polar surface area (TPSA) is 57.4 Å². The molecule has 0 saturated carbocycles. The van der Waals surface area contributed by atoms with E-state index in [4.69, 9.17) is 15.2 Å². The van der Waals surface area contributed by atoms with E-state index in [-0.39, 0.29) is 0 Å². The lowest BCUT2D eigenvalue weighted by atomic mass is 10.1. The molecule has 0 amide bonds. The number of ether oxygens (including phenoxy) is 2. The predicted octanol–water partition coefficient (Wildman–Crippen LogP) is 2.98. The summed E-state index contributed by atoms with van der Waals surface area (Å²) in [6.07, 6.45) is 2.54. The number of hydrogen-bond donors (Lipinski definition) is 1. The van der Waals surface area contributed by atoms with Gasteiger partial charge in [0.1, 0.15) is 12.4 Å². The maximum Gasteiger partial charge on any atom is 0.213 e. The zero-order valence-corrected chi connectivity index (χ0v) is 11.5. The van der Waals surface area contributed by atoms with Gasteiger partial charge in [0.2, 0.25) is 5.88 Å². The van der Waals surface area contributed by atoms with Crippen molar-refractivity contribution in [2.75, 3.05) is 12.8 Å². The second-order valence-electron chi connectivity index (χ2n) is 4.32. The molecule has 104 valence electrons. The van der Waals surface area contributed by atoms with E-state index >= 15 is 0 Å². The van der Waals surface area contributed by atoms with Crippen molar-refractivity contribution in [3.8, 4) is 11.6 Å². The molecule has 0 bridgehead atoms. The number of hydrogen-bond acceptors (Lipinski definition) is 4. The molecule has 0 atom stereocenters. The van der Waals surface area contributed by atoms with Crippen LogP contribution in [0.15, 0.2) is 49.1 Å². The van der Waals surface area contributed by atoms with Crippen LogP contribution in [-0.2, 0) is 13.0 Å². The molecule has 2 N–H and O–H groups in total. The number of anilines is 1. The Morgan fingerprint density at radius 2 is 2.15 bits per heavy atom. The highest BCUT2D eigenvalue weighted by Crippen LogP contribution is 2.23. The quantitative estimate of drug-likeness (QED) is 0.647. The summed E-state index contributed by atoms with van der Waals surface area (Å²) in [5, 5.41) is 0. The first-order chi connectivity index (χ1) is 9.72. The summed E-state index contributed by atoms with van der Waals surface area (Å²) < 4.78 is 10.9. The normalized spacial score (nSPS) is 10.1. The molecular weight excluding hydrogens is 252 g/mol. The van der Waals surface area contributed by atoms with Crippen molar-refractivity contribution in [2.45, 2.75) is 13.0 Å². The Morgan fingerprint density at radius 1 is 1.30 bits per heavy atom. The Kier molecular flexibility index (Phi) is 4.60. The molecule has 0 aliphatic carbocycles. The van der Waals surface area contributed by atoms with Crippen molar-refractivity contribution in [3.05, 3.63) is 60.3 Å². The van der Waals surface area contributed by atoms with Gasteiger partial charge >= 0.3 is 0 Å². The molecular formula is C16H18N2O2. The van der Waals surface area contributed by atoms with E-state index in [1.807, 2.05) is 36.4 Å². The first-order valence-corrected chi connectivity index (χ1v) is 6.35. The van der Waals surface area contributed by atoms with Gasteiger partial charge in [-0.1, -0.05) is 12.1 Å². The summed E-state index contributed by atoms with van der Waals surface area (Å²) in [6.45, 7) is 4.12. The minimum absolute atomic E-state index is 0.380. The monoisotopic (exact) mass is 270 g/mol. The molecule has 1 heterocycles. The largest absolute Gasteiger partial charge is 0.487 e. The van der Waals surface area contributed by atoms with Crippen molar-refractivity contribution < 1.29 is 9.47 Å². The Morgan fingerprint density at radius 3 is 2.90 bits per heavy atom. The molecule has 0 unspecified atom stereocenters. The lowest BCUT2D eigenvalue weighted by Gasteiger charge is -2.11. The van der Waals surface area contributed by atoms with Crippen LogP contribution in [0.4, 0.5) is 5.69 Å². The highest BCUT2D eigenvalue weighted by molar-refractivity contribution is 5.48. The second-order valence-corrected chi connectivity index (χ2v) is 4.32. The van der Waals surface area contributed by atoms with Crippen LogP contribution < -0.4 is 15.2 Å². The maximum absolute atomic E-state index is 5.81. The molecule has 0 saturated heterocycles. The SMILES string of the molecule is C=CCc1cc(N)ccc1OCc1cccc(OC)n1. The summed E-state index contributed by atoms with van der Waals surface area (Å²) in [5.41, 5.74) is 8.33. The van der Waals surface area contributed by atoms with Crippen LogP contribution in [0.25, 0.3) is 0 Å². The van der Waals surface area contributed by atoms with Gasteiger partial charge in [0.15, 0.2) is 0 Å². The molecule has 0 radical (unpaired) electrons. The van der Waals surface area contributed by atoms with Crippen LogP contribution in [0.2, 0.25) is 0 Å². The zero-order valence-electron chi connectivity index (χ0n) is 11.5. The third kappa shape index (κ3) is 3.51. The fourth-order valence-electron chi connectivity index (χ4n) is 1.86. The van der Waals surface area contributed by atoms with Gasteiger partial charge in [0, 0.05) is 11.8 Å². The minimum Gasteiger partial charge on any atom is -0.487 e. The Hall–Kier alpha value is -2.49. The van der Waals surface area contributed by atoms with E-state index in [1.54, 1.807) is 13.2 Å². The average molecular weight is 270 g/mol. The number of nitrogens with zero attached hydrogens (tertiary/aromatic N) is 1. The molecule has 2 aromatic rings. The molecule has 1 aromatic heterocycles. The third-order valence-electron chi connectivity index (χ3n) is 2.81. The molecule has 4 heteroatoms. The van der Waals surface area contributed by atoms with E-state index in [1.165, 1.54) is 0 Å². The first kappa shape index (κ1) is 13.9. The molecule has 0 spiro atoms. The van der Waals surface area contributed by atoms with E-state index in [9.17, 15) is 0 Å². The van der Waals surface area contributed by atoms with Crippen LogP contribution in [0.1, 0.15) is 11.3 Å². The highest BCUT2D eigenvalue weighted by atomic mass is 16.5. The Balaban J connectivity index is 2.11. The predicted molar refractivity (Wildman–Crippen MR) is 79.9 cm³/mol. The summed E-state index contributed by atoms with van der Waals surface area (Å²) >= 11 is 0. The molecule has 0 fully saturated rings. The molecule has 20 heavy (non-hydrogen) atoms. The standard InChI is InChI=1S/C16H18N2O2/c1-3-5-12-10-13(17)8-9-15(12)20-11-14-6-4-7-16(18-14)19-2/h3-4,6-10H,1,5,11,17H2,2H3. The molecule has 2 rings (SSSR count). The molecule has 1 aromatic carbocycles. The fourth-order valence-corrected chi connectivity index (χ4v) is 1.86. The van der Waals surface area contributed by atoms with Crippen molar-refractivity contribution >= 4 is 5.69 Å². The number of benzene rings is 1. The van der Waals surface area contributed by atoms with Crippen LogP contribution in [-0.4, -0.2) is 12.1 Å². The van der Waals surface area contributed by atoms with Gasteiger partial charge in [-0.25, -0.2) is 4.98 Å². The second kappa shape index (κ2) is 6.61. The smallest absolute Gasteiger partial charge is 0.213 e. The highest BCUT2D eigenvalue weighted by Gasteiger charge is 2.05. The van der Waals surface area contributed by atoms with Gasteiger partial charge in [-0.2, -0.15) is 0 Å². The van der Waals surface area contributed by atoms with Gasteiger partial charge < -0.3 is 15.2 Å². The number of nitrogen functional groups attached to an aromatic ring is 1. The van der Waals surface area contributed by atoms with Gasteiger partial charge in [0.05, 0.1) is 12.8 Å². The number of aromatic nitrogens is 1. The summed E-state index contributed by atoms with van der Waals surface area (Å²) in [4.78, 5) is 4.31. The van der Waals surface area contributed by atoms with E-state index in [0.29, 0.717) is 24.6 Å². The zero-order chi connectivity index (χ0) is 14.4. The van der Waals surface area contributed by atoms with E-state index in [2.05, 4.69) is 11.6 Å². The van der Waals surface area contributed by atoms with Gasteiger partial charge in [0.25, 0.3) is 0 Å². The summed E-state index contributed by atoms with van der Waals surface area (Å²) in [7, 11) is 1.59. The lowest BCUT2D eigenvalue weighted by molar-refractivity contribution is 0.295. The number of allylic oxidation sites excluding steroid dienone is 1. The number of rotatable bonds is 6. The summed E-state index contributed by atoms with van der Waals surface area (Å²) in [5.74, 6) is 1.37. The molecule has 4 nitrogen and oxygen atoms in total. The van der Waals surface area contributed by atoms with Crippen LogP contribution in [0.5, 0.6) is 11.6 Å². The average Bonchev–Trinajstić information content (AvgIpc) is 2.47. The first-order valence-electron chi connectivity index (χ1n) is 6.35. The lowest BCUT2D eigenvalue weighted by Crippen LogP contribution is -2.02. The van der Waals surface area contributed by atoms with Crippen molar-refractivity contribution in [3.63, 3.8) is 0 Å². The van der Waals surface area contributed by atoms with Crippen molar-refractivity contribution in [1.82, 2.24) is 4.98 Å². The van der Waals surface area contributed by atoms with Crippen LogP contribution in [0, 0.1) is 0 Å². The van der Waals surface area contributed by atoms with Gasteiger partial charge in [-0.3, -0.25) is 0 Å². The fraction of sp³-hybridized carbons (Fsp3) is 0.188. The number of nitrogens with two attached hydrogens (primary N) is 1.